The number of benzene rings is 1. The van der Waals surface area contributed by atoms with Gasteiger partial charge in [-0.1, -0.05) is 23.7 Å². The zero-order chi connectivity index (χ0) is 15.6. The lowest BCUT2D eigenvalue weighted by Gasteiger charge is -2.12. The first kappa shape index (κ1) is 15.0. The van der Waals surface area contributed by atoms with Crippen molar-refractivity contribution in [3.63, 3.8) is 0 Å². The van der Waals surface area contributed by atoms with Gasteiger partial charge < -0.3 is 10.4 Å². The first-order chi connectivity index (χ1) is 9.90. The predicted octanol–water partition coefficient (Wildman–Crippen LogP) is 3.30. The quantitative estimate of drug-likeness (QED) is 0.853. The number of carbonyl (C=O) groups excluding carboxylic acids is 1. The van der Waals surface area contributed by atoms with Gasteiger partial charge in [-0.15, -0.1) is 0 Å². The lowest BCUT2D eigenvalue weighted by molar-refractivity contribution is 0.0691. The lowest BCUT2D eigenvalue weighted by Crippen LogP contribution is -2.19. The number of aromatic nitrogens is 1. The zero-order valence-electron chi connectivity index (χ0n) is 11.5. The van der Waals surface area contributed by atoms with Gasteiger partial charge in [0.25, 0.3) is 5.91 Å². The monoisotopic (exact) mass is 304 g/mol. The number of nitrogens with zero attached hydrogens (tertiary/aromatic N) is 1. The van der Waals surface area contributed by atoms with Crippen LogP contribution in [0.25, 0.3) is 0 Å². The molecular weight excluding hydrogens is 292 g/mol. The third-order valence-corrected chi connectivity index (χ3v) is 3.25. The molecule has 0 bridgehead atoms. The fourth-order valence-corrected chi connectivity index (χ4v) is 2.23. The van der Waals surface area contributed by atoms with Gasteiger partial charge in [-0.05, 0) is 37.1 Å². The number of rotatable bonds is 3. The SMILES string of the molecule is Cc1ccc(C)c(C(=O)Nc2ccnc(Cl)c2)c1C(=O)O. The average Bonchev–Trinajstić information content (AvgIpc) is 2.40. The normalized spacial score (nSPS) is 10.2. The van der Waals surface area contributed by atoms with Crippen LogP contribution in [0.4, 0.5) is 5.69 Å². The van der Waals surface area contributed by atoms with Crippen LogP contribution in [0.5, 0.6) is 0 Å². The highest BCUT2D eigenvalue weighted by molar-refractivity contribution is 6.29. The molecular formula is C15H13ClN2O3. The molecule has 1 heterocycles. The summed E-state index contributed by atoms with van der Waals surface area (Å²) in [4.78, 5) is 27.6. The van der Waals surface area contributed by atoms with E-state index in [2.05, 4.69) is 10.3 Å². The average molecular weight is 305 g/mol. The van der Waals surface area contributed by atoms with Crippen molar-refractivity contribution in [1.29, 1.82) is 0 Å². The number of amides is 1. The van der Waals surface area contributed by atoms with Gasteiger partial charge in [-0.2, -0.15) is 0 Å². The zero-order valence-corrected chi connectivity index (χ0v) is 12.2. The van der Waals surface area contributed by atoms with Crippen LogP contribution in [0.2, 0.25) is 5.15 Å². The van der Waals surface area contributed by atoms with Crippen molar-refractivity contribution < 1.29 is 14.7 Å². The van der Waals surface area contributed by atoms with Gasteiger partial charge in [0.05, 0.1) is 11.1 Å². The third kappa shape index (κ3) is 3.20. The second-order valence-electron chi connectivity index (χ2n) is 4.58. The summed E-state index contributed by atoms with van der Waals surface area (Å²) in [6.45, 7) is 3.35. The van der Waals surface area contributed by atoms with E-state index in [0.29, 0.717) is 16.8 Å². The fourth-order valence-electron chi connectivity index (χ4n) is 2.05. The van der Waals surface area contributed by atoms with Gasteiger partial charge in [0.1, 0.15) is 5.15 Å². The first-order valence-corrected chi connectivity index (χ1v) is 6.54. The van der Waals surface area contributed by atoms with Crippen molar-refractivity contribution in [1.82, 2.24) is 4.98 Å². The summed E-state index contributed by atoms with van der Waals surface area (Å²) in [5, 5.41) is 12.2. The topological polar surface area (TPSA) is 79.3 Å². The predicted molar refractivity (Wildman–Crippen MR) is 80.1 cm³/mol. The number of hydrogen-bond donors (Lipinski definition) is 2. The Morgan fingerprint density at radius 1 is 1.14 bits per heavy atom. The Kier molecular flexibility index (Phi) is 4.23. The summed E-state index contributed by atoms with van der Waals surface area (Å²) in [6, 6.07) is 6.47. The Balaban J connectivity index is 2.44. The molecule has 0 atom stereocenters. The molecule has 0 unspecified atom stereocenters. The van der Waals surface area contributed by atoms with Crippen molar-refractivity contribution in [2.45, 2.75) is 13.8 Å². The Morgan fingerprint density at radius 2 is 1.76 bits per heavy atom. The highest BCUT2D eigenvalue weighted by Gasteiger charge is 2.21. The summed E-state index contributed by atoms with van der Waals surface area (Å²) < 4.78 is 0. The molecule has 1 aromatic heterocycles. The van der Waals surface area contributed by atoms with Crippen molar-refractivity contribution in [3.8, 4) is 0 Å². The van der Waals surface area contributed by atoms with E-state index in [1.165, 1.54) is 12.3 Å². The van der Waals surface area contributed by atoms with Crippen molar-refractivity contribution >= 4 is 29.2 Å². The molecule has 0 aliphatic carbocycles. The van der Waals surface area contributed by atoms with Crippen LogP contribution in [-0.4, -0.2) is 22.0 Å². The van der Waals surface area contributed by atoms with E-state index in [-0.39, 0.29) is 16.3 Å². The minimum atomic E-state index is -1.13. The van der Waals surface area contributed by atoms with E-state index in [1.807, 2.05) is 0 Å². The van der Waals surface area contributed by atoms with E-state index in [9.17, 15) is 14.7 Å². The molecule has 1 amide bonds. The summed E-state index contributed by atoms with van der Waals surface area (Å²) in [5.41, 5.74) is 1.74. The van der Waals surface area contributed by atoms with Crippen LogP contribution in [0.15, 0.2) is 30.5 Å². The molecule has 21 heavy (non-hydrogen) atoms. The van der Waals surface area contributed by atoms with Crippen molar-refractivity contribution in [2.24, 2.45) is 0 Å². The molecule has 2 aromatic rings. The molecule has 0 spiro atoms. The Morgan fingerprint density at radius 3 is 2.33 bits per heavy atom. The molecule has 108 valence electrons. The molecule has 0 radical (unpaired) electrons. The van der Waals surface area contributed by atoms with Gasteiger partial charge in [-0.25, -0.2) is 9.78 Å². The highest BCUT2D eigenvalue weighted by Crippen LogP contribution is 2.21. The van der Waals surface area contributed by atoms with Crippen LogP contribution in [0.1, 0.15) is 31.8 Å². The van der Waals surface area contributed by atoms with Crippen molar-refractivity contribution in [2.75, 3.05) is 5.32 Å². The number of nitrogens with one attached hydrogen (secondary N) is 1. The Labute approximate surface area is 126 Å². The van der Waals surface area contributed by atoms with Gasteiger partial charge in [-0.3, -0.25) is 4.79 Å². The maximum atomic E-state index is 12.4. The molecule has 0 aliphatic heterocycles. The summed E-state index contributed by atoms with van der Waals surface area (Å²) in [6.07, 6.45) is 1.46. The molecule has 0 aliphatic rings. The minimum absolute atomic E-state index is 0.00709. The number of anilines is 1. The van der Waals surface area contributed by atoms with Crippen molar-refractivity contribution in [3.05, 3.63) is 57.9 Å². The number of hydrogen-bond acceptors (Lipinski definition) is 3. The number of pyridine rings is 1. The number of carbonyl (C=O) groups is 2. The number of carboxylic acid groups (broad SMARTS) is 1. The van der Waals surface area contributed by atoms with Crippen LogP contribution >= 0.6 is 11.6 Å². The largest absolute Gasteiger partial charge is 0.478 e. The number of halogens is 1. The number of aryl methyl sites for hydroxylation is 2. The minimum Gasteiger partial charge on any atom is -0.478 e. The molecule has 0 saturated carbocycles. The third-order valence-electron chi connectivity index (χ3n) is 3.05. The van der Waals surface area contributed by atoms with Gasteiger partial charge in [0, 0.05) is 11.9 Å². The van der Waals surface area contributed by atoms with E-state index in [4.69, 9.17) is 11.6 Å². The number of carboxylic acids is 1. The Hall–Kier alpha value is -2.40. The fraction of sp³-hybridized carbons (Fsp3) is 0.133. The van der Waals surface area contributed by atoms with E-state index in [0.717, 1.165) is 0 Å². The van der Waals surface area contributed by atoms with Crippen LogP contribution in [0, 0.1) is 13.8 Å². The van der Waals surface area contributed by atoms with Gasteiger partial charge in [0.15, 0.2) is 0 Å². The number of aromatic carboxylic acids is 1. The van der Waals surface area contributed by atoms with Gasteiger partial charge in [0.2, 0.25) is 0 Å². The standard InChI is InChI=1S/C15H13ClN2O3/c1-8-3-4-9(2)13(15(20)21)12(8)14(19)18-10-5-6-17-11(16)7-10/h3-7H,1-2H3,(H,20,21)(H,17,18,19). The van der Waals surface area contributed by atoms with E-state index < -0.39 is 11.9 Å². The summed E-state index contributed by atoms with van der Waals surface area (Å²) in [5.74, 6) is -1.62. The smallest absolute Gasteiger partial charge is 0.336 e. The van der Waals surface area contributed by atoms with Gasteiger partial charge >= 0.3 is 5.97 Å². The van der Waals surface area contributed by atoms with E-state index in [1.54, 1.807) is 32.0 Å². The summed E-state index contributed by atoms with van der Waals surface area (Å²) >= 11 is 5.76. The van der Waals surface area contributed by atoms with Crippen LogP contribution < -0.4 is 5.32 Å². The second kappa shape index (κ2) is 5.93. The first-order valence-electron chi connectivity index (χ1n) is 6.16. The molecule has 2 N–H and O–H groups in total. The van der Waals surface area contributed by atoms with Crippen LogP contribution in [0.3, 0.4) is 0 Å². The van der Waals surface area contributed by atoms with E-state index >= 15 is 0 Å². The molecule has 2 rings (SSSR count). The molecule has 6 heteroatoms. The maximum absolute atomic E-state index is 12.4. The maximum Gasteiger partial charge on any atom is 0.336 e. The van der Waals surface area contributed by atoms with Crippen LogP contribution in [-0.2, 0) is 0 Å². The Bertz CT molecular complexity index is 729. The highest BCUT2D eigenvalue weighted by atomic mass is 35.5. The molecule has 0 fully saturated rings. The summed E-state index contributed by atoms with van der Waals surface area (Å²) in [7, 11) is 0. The molecule has 1 aromatic carbocycles. The second-order valence-corrected chi connectivity index (χ2v) is 4.96. The lowest BCUT2D eigenvalue weighted by atomic mass is 9.96. The molecule has 0 saturated heterocycles. The molecule has 5 nitrogen and oxygen atoms in total.